The molecule has 0 aliphatic rings. The van der Waals surface area contributed by atoms with Crippen LogP contribution in [0.1, 0.15) is 22.3 Å². The molecule has 20 heavy (non-hydrogen) atoms. The molecule has 1 aromatic rings. The number of ether oxygens (including phenoxy) is 1. The van der Waals surface area contributed by atoms with E-state index in [1.54, 1.807) is 19.2 Å². The number of rotatable bonds is 7. The van der Waals surface area contributed by atoms with Gasteiger partial charge in [-0.3, -0.25) is 9.59 Å². The van der Waals surface area contributed by atoms with Gasteiger partial charge in [-0.25, -0.2) is 0 Å². The first-order valence-corrected chi connectivity index (χ1v) is 6.44. The van der Waals surface area contributed by atoms with E-state index in [1.807, 2.05) is 13.0 Å². The zero-order chi connectivity index (χ0) is 15.0. The molecular weight excluding hydrogens is 258 g/mol. The van der Waals surface area contributed by atoms with E-state index >= 15 is 0 Å². The minimum Gasteiger partial charge on any atom is -0.398 e. The third-order valence-electron chi connectivity index (χ3n) is 2.72. The number of hydrogen-bond acceptors (Lipinski definition) is 4. The van der Waals surface area contributed by atoms with Crippen LogP contribution in [-0.4, -0.2) is 38.6 Å². The Labute approximate surface area is 118 Å². The summed E-state index contributed by atoms with van der Waals surface area (Å²) >= 11 is 0. The molecule has 0 saturated heterocycles. The van der Waals surface area contributed by atoms with E-state index in [4.69, 9.17) is 10.5 Å². The first-order valence-electron chi connectivity index (χ1n) is 6.44. The number of nitrogens with one attached hydrogen (secondary N) is 2. The highest BCUT2D eigenvalue weighted by Gasteiger charge is 2.09. The van der Waals surface area contributed by atoms with Crippen molar-refractivity contribution < 1.29 is 14.3 Å². The van der Waals surface area contributed by atoms with E-state index in [0.29, 0.717) is 24.4 Å². The number of nitrogen functional groups attached to an aromatic ring is 1. The number of carbonyl (C=O) groups is 2. The lowest BCUT2D eigenvalue weighted by Gasteiger charge is -2.08. The third-order valence-corrected chi connectivity index (χ3v) is 2.72. The largest absolute Gasteiger partial charge is 0.398 e. The van der Waals surface area contributed by atoms with Crippen molar-refractivity contribution in [2.45, 2.75) is 13.3 Å². The number of amides is 2. The summed E-state index contributed by atoms with van der Waals surface area (Å²) in [5, 5.41) is 5.35. The minimum atomic E-state index is -0.271. The number of nitrogens with two attached hydrogens (primary N) is 1. The molecule has 0 saturated carbocycles. The van der Waals surface area contributed by atoms with Crippen LogP contribution in [0.2, 0.25) is 0 Å². The van der Waals surface area contributed by atoms with Gasteiger partial charge in [0, 0.05) is 32.3 Å². The van der Waals surface area contributed by atoms with Crippen LogP contribution in [0.15, 0.2) is 18.2 Å². The Balaban J connectivity index is 2.34. The van der Waals surface area contributed by atoms with E-state index in [2.05, 4.69) is 10.6 Å². The number of methoxy groups -OCH3 is 1. The van der Waals surface area contributed by atoms with Gasteiger partial charge in [0.25, 0.3) is 5.91 Å². The number of hydrogen-bond donors (Lipinski definition) is 3. The maximum atomic E-state index is 11.9. The van der Waals surface area contributed by atoms with Crippen molar-refractivity contribution in [3.05, 3.63) is 29.3 Å². The molecule has 6 heteroatoms. The molecule has 0 aliphatic carbocycles. The fourth-order valence-electron chi connectivity index (χ4n) is 1.65. The molecule has 0 spiro atoms. The Morgan fingerprint density at radius 2 is 2.00 bits per heavy atom. The molecule has 110 valence electrons. The molecule has 0 aliphatic heterocycles. The summed E-state index contributed by atoms with van der Waals surface area (Å²) in [6.45, 7) is 3.11. The Morgan fingerprint density at radius 1 is 1.25 bits per heavy atom. The van der Waals surface area contributed by atoms with Gasteiger partial charge < -0.3 is 21.1 Å². The molecular formula is C14H21N3O3. The molecule has 0 aromatic heterocycles. The fraction of sp³-hybridized carbons (Fsp3) is 0.429. The SMILES string of the molecule is COCCNC(=O)CCNC(=O)c1ccc(C)cc1N. The molecule has 2 amide bonds. The predicted molar refractivity (Wildman–Crippen MR) is 77.4 cm³/mol. The van der Waals surface area contributed by atoms with Gasteiger partial charge in [-0.1, -0.05) is 6.07 Å². The lowest BCUT2D eigenvalue weighted by molar-refractivity contribution is -0.121. The van der Waals surface area contributed by atoms with Gasteiger partial charge in [0.2, 0.25) is 5.91 Å². The first-order chi connectivity index (χ1) is 9.54. The van der Waals surface area contributed by atoms with Crippen LogP contribution in [0.3, 0.4) is 0 Å². The van der Waals surface area contributed by atoms with Crippen molar-refractivity contribution in [2.24, 2.45) is 0 Å². The molecule has 0 atom stereocenters. The maximum Gasteiger partial charge on any atom is 0.253 e. The zero-order valence-electron chi connectivity index (χ0n) is 11.9. The monoisotopic (exact) mass is 279 g/mol. The first kappa shape index (κ1) is 16.0. The van der Waals surface area contributed by atoms with Crippen molar-refractivity contribution in [3.8, 4) is 0 Å². The van der Waals surface area contributed by atoms with E-state index in [0.717, 1.165) is 5.56 Å². The average molecular weight is 279 g/mol. The highest BCUT2D eigenvalue weighted by molar-refractivity contribution is 5.99. The molecule has 0 radical (unpaired) electrons. The van der Waals surface area contributed by atoms with Gasteiger partial charge in [-0.15, -0.1) is 0 Å². The van der Waals surface area contributed by atoms with Crippen LogP contribution in [-0.2, 0) is 9.53 Å². The van der Waals surface area contributed by atoms with Crippen LogP contribution in [0.4, 0.5) is 5.69 Å². The number of anilines is 1. The second kappa shape index (κ2) is 8.16. The van der Waals surface area contributed by atoms with E-state index in [9.17, 15) is 9.59 Å². The summed E-state index contributed by atoms with van der Waals surface area (Å²) in [6.07, 6.45) is 0.223. The Morgan fingerprint density at radius 3 is 2.65 bits per heavy atom. The normalized spacial score (nSPS) is 10.1. The third kappa shape index (κ3) is 5.27. The lowest BCUT2D eigenvalue weighted by atomic mass is 10.1. The van der Waals surface area contributed by atoms with Gasteiger partial charge in [-0.05, 0) is 24.6 Å². The van der Waals surface area contributed by atoms with Gasteiger partial charge in [0.1, 0.15) is 0 Å². The van der Waals surface area contributed by atoms with Crippen molar-refractivity contribution in [1.82, 2.24) is 10.6 Å². The summed E-state index contributed by atoms with van der Waals surface area (Å²) < 4.78 is 4.82. The van der Waals surface area contributed by atoms with Crippen LogP contribution < -0.4 is 16.4 Å². The molecule has 0 unspecified atom stereocenters. The minimum absolute atomic E-state index is 0.126. The highest BCUT2D eigenvalue weighted by Crippen LogP contribution is 2.13. The summed E-state index contributed by atoms with van der Waals surface area (Å²) in [5.41, 5.74) is 7.64. The van der Waals surface area contributed by atoms with Crippen molar-refractivity contribution in [1.29, 1.82) is 0 Å². The molecule has 1 aromatic carbocycles. The highest BCUT2D eigenvalue weighted by atomic mass is 16.5. The fourth-order valence-corrected chi connectivity index (χ4v) is 1.65. The average Bonchev–Trinajstić information content (AvgIpc) is 2.38. The van der Waals surface area contributed by atoms with E-state index < -0.39 is 0 Å². The standard InChI is InChI=1S/C14H21N3O3/c1-10-3-4-11(12(15)9-10)14(19)17-6-5-13(18)16-7-8-20-2/h3-4,9H,5-8,15H2,1-2H3,(H,16,18)(H,17,19). The van der Waals surface area contributed by atoms with Crippen LogP contribution >= 0.6 is 0 Å². The molecule has 4 N–H and O–H groups in total. The Kier molecular flexibility index (Phi) is 6.52. The quantitative estimate of drug-likeness (QED) is 0.499. The molecule has 0 bridgehead atoms. The van der Waals surface area contributed by atoms with Crippen LogP contribution in [0, 0.1) is 6.92 Å². The lowest BCUT2D eigenvalue weighted by Crippen LogP contribution is -2.32. The van der Waals surface area contributed by atoms with Gasteiger partial charge in [-0.2, -0.15) is 0 Å². The van der Waals surface area contributed by atoms with Gasteiger partial charge >= 0.3 is 0 Å². The van der Waals surface area contributed by atoms with E-state index in [-0.39, 0.29) is 24.8 Å². The molecule has 0 fully saturated rings. The smallest absolute Gasteiger partial charge is 0.253 e. The second-order valence-corrected chi connectivity index (χ2v) is 4.44. The van der Waals surface area contributed by atoms with Crippen molar-refractivity contribution in [3.63, 3.8) is 0 Å². The Hall–Kier alpha value is -2.08. The van der Waals surface area contributed by atoms with Crippen LogP contribution in [0.5, 0.6) is 0 Å². The predicted octanol–water partition coefficient (Wildman–Crippen LogP) is 0.460. The number of carbonyl (C=O) groups excluding carboxylic acids is 2. The molecule has 6 nitrogen and oxygen atoms in total. The zero-order valence-corrected chi connectivity index (χ0v) is 11.9. The summed E-state index contributed by atoms with van der Waals surface area (Å²) in [7, 11) is 1.57. The van der Waals surface area contributed by atoms with Crippen molar-refractivity contribution >= 4 is 17.5 Å². The number of aryl methyl sites for hydroxylation is 1. The van der Waals surface area contributed by atoms with Gasteiger partial charge in [0.05, 0.1) is 12.2 Å². The maximum absolute atomic E-state index is 11.9. The Bertz CT molecular complexity index is 475. The second-order valence-electron chi connectivity index (χ2n) is 4.44. The summed E-state index contributed by atoms with van der Waals surface area (Å²) in [4.78, 5) is 23.3. The summed E-state index contributed by atoms with van der Waals surface area (Å²) in [5.74, 6) is -0.397. The molecule has 1 rings (SSSR count). The molecule has 0 heterocycles. The topological polar surface area (TPSA) is 93.5 Å². The van der Waals surface area contributed by atoms with Gasteiger partial charge in [0.15, 0.2) is 0 Å². The number of benzene rings is 1. The van der Waals surface area contributed by atoms with E-state index in [1.165, 1.54) is 0 Å². The summed E-state index contributed by atoms with van der Waals surface area (Å²) in [6, 6.07) is 5.24. The van der Waals surface area contributed by atoms with Crippen LogP contribution in [0.25, 0.3) is 0 Å². The van der Waals surface area contributed by atoms with Crippen molar-refractivity contribution in [2.75, 3.05) is 32.5 Å².